The van der Waals surface area contributed by atoms with Gasteiger partial charge in [-0.1, -0.05) is 391 Å². The van der Waals surface area contributed by atoms with Gasteiger partial charge < -0.3 is 0 Å². The van der Waals surface area contributed by atoms with Gasteiger partial charge in [0.15, 0.2) is 0 Å². The molecule has 0 nitrogen and oxygen atoms in total. The zero-order valence-corrected chi connectivity index (χ0v) is 65.4. The third kappa shape index (κ3) is 119. The molecule has 0 aromatic heterocycles. The molecule has 502 valence electrons. The van der Waals surface area contributed by atoms with Crippen LogP contribution in [0.4, 0.5) is 0 Å². The van der Waals surface area contributed by atoms with E-state index in [9.17, 15) is 0 Å². The second kappa shape index (κ2) is 63.0. The van der Waals surface area contributed by atoms with Gasteiger partial charge in [0.05, 0.1) is 0 Å². The molecule has 0 spiro atoms. The Morgan fingerprint density at radius 2 is 0.691 bits per heavy atom. The molecule has 0 amide bonds. The maximum atomic E-state index is 2.35. The van der Waals surface area contributed by atoms with Crippen molar-refractivity contribution >= 4 is 0 Å². The summed E-state index contributed by atoms with van der Waals surface area (Å²) in [6.07, 6.45) is 40.9. The minimum absolute atomic E-state index is 0.542. The van der Waals surface area contributed by atoms with Crippen molar-refractivity contribution in [2.45, 2.75) is 435 Å². The Labute approximate surface area is 525 Å². The van der Waals surface area contributed by atoms with Crippen LogP contribution >= 0.6 is 0 Å². The van der Waals surface area contributed by atoms with Crippen molar-refractivity contribution in [3.63, 3.8) is 0 Å². The Kier molecular flexibility index (Phi) is 75.7. The molecule has 0 heteroatoms. The van der Waals surface area contributed by atoms with E-state index < -0.39 is 0 Å². The Hall–Kier alpha value is 0. The van der Waals surface area contributed by atoms with E-state index in [0.29, 0.717) is 10.8 Å². The first kappa shape index (κ1) is 97.3. The second-order valence-corrected chi connectivity index (χ2v) is 32.4. The highest BCUT2D eigenvalue weighted by atomic mass is 14.4. The van der Waals surface area contributed by atoms with E-state index in [1.807, 2.05) is 0 Å². The molecule has 0 saturated heterocycles. The molecule has 0 aromatic carbocycles. The SMILES string of the molecule is CC(C)C(C)C.CC(C)C1CC1.CC1(C)CC1.CC1C[C@H]1C.CCC(C)(C)C.CCC(C)(C)C.CCC(C)CC.CCC(C)CC.CCC1(C)CC1.CCC1CC1.CCCC(C)C.CCCC(C)C.CCCC1CC1.CCCCCC. The molecule has 6 fully saturated rings. The summed E-state index contributed by atoms with van der Waals surface area (Å²) in [6.45, 7) is 81.2. The van der Waals surface area contributed by atoms with Crippen molar-refractivity contribution < 1.29 is 0 Å². The first-order valence-corrected chi connectivity index (χ1v) is 37.3. The lowest BCUT2D eigenvalue weighted by molar-refractivity contribution is 0.397. The molecular weight excluding hydrogens is 973 g/mol. The fraction of sp³-hybridized carbons (Fsp3) is 1.00. The van der Waals surface area contributed by atoms with E-state index in [2.05, 4.69) is 249 Å². The van der Waals surface area contributed by atoms with Crippen molar-refractivity contribution in [3.05, 3.63) is 0 Å². The maximum absolute atomic E-state index is 2.35. The van der Waals surface area contributed by atoms with Crippen LogP contribution in [0.1, 0.15) is 435 Å². The fourth-order valence-corrected chi connectivity index (χ4v) is 5.66. The number of unbranched alkanes of at least 4 members (excludes halogenated alkanes) is 3. The third-order valence-electron chi connectivity index (χ3n) is 17.9. The van der Waals surface area contributed by atoms with Crippen molar-refractivity contribution in [1.29, 1.82) is 0 Å². The molecule has 0 bridgehead atoms. The third-order valence-corrected chi connectivity index (χ3v) is 17.9. The Morgan fingerprint density at radius 1 is 0.407 bits per heavy atom. The van der Waals surface area contributed by atoms with E-state index in [-0.39, 0.29) is 0 Å². The zero-order chi connectivity index (χ0) is 65.4. The van der Waals surface area contributed by atoms with Gasteiger partial charge in [-0.3, -0.25) is 0 Å². The normalized spacial score (nSPS) is 17.8. The Balaban J connectivity index is -0.000000118. The molecule has 6 saturated carbocycles. The van der Waals surface area contributed by atoms with Gasteiger partial charge in [-0.2, -0.15) is 0 Å². The minimum Gasteiger partial charge on any atom is -0.0654 e. The van der Waals surface area contributed by atoms with Gasteiger partial charge in [-0.25, -0.2) is 0 Å². The Bertz CT molecular complexity index is 1020. The number of rotatable bonds is 17. The molecular formula is C81H178. The van der Waals surface area contributed by atoms with Crippen LogP contribution in [-0.2, 0) is 0 Å². The predicted octanol–water partition coefficient (Wildman–Crippen LogP) is 31.3. The van der Waals surface area contributed by atoms with Crippen LogP contribution in [0.2, 0.25) is 0 Å². The lowest BCUT2D eigenvalue weighted by Gasteiger charge is -2.12. The minimum atomic E-state index is 0.542. The number of hydrogen-bond donors (Lipinski definition) is 0. The van der Waals surface area contributed by atoms with Crippen molar-refractivity contribution in [2.75, 3.05) is 0 Å². The van der Waals surface area contributed by atoms with Crippen LogP contribution in [0, 0.1) is 92.7 Å². The van der Waals surface area contributed by atoms with Crippen LogP contribution in [0.5, 0.6) is 0 Å². The molecule has 0 heterocycles. The van der Waals surface area contributed by atoms with Crippen LogP contribution in [0.25, 0.3) is 0 Å². The molecule has 0 aromatic rings. The highest BCUT2D eigenvalue weighted by molar-refractivity contribution is 4.86. The summed E-state index contributed by atoms with van der Waals surface area (Å²) < 4.78 is 0. The fourth-order valence-electron chi connectivity index (χ4n) is 5.66. The van der Waals surface area contributed by atoms with E-state index >= 15 is 0 Å². The van der Waals surface area contributed by atoms with E-state index in [0.717, 1.165) is 81.8 Å². The van der Waals surface area contributed by atoms with Crippen LogP contribution in [0.3, 0.4) is 0 Å². The molecule has 0 N–H and O–H groups in total. The van der Waals surface area contributed by atoms with Gasteiger partial charge in [-0.05, 0) is 138 Å². The second-order valence-electron chi connectivity index (χ2n) is 32.4. The van der Waals surface area contributed by atoms with E-state index in [1.165, 1.54) is 186 Å². The lowest BCUT2D eigenvalue weighted by Crippen LogP contribution is -2.00. The standard InChI is InChI=1S/3C6H12.8C6H14.3C5H10/c1-5(2)6-3-4-6;1-3-6(2)4-5-6;1-2-3-6-4-5-6;2*1-5-6(2,3)4;1-5(2)6(3)4;2*1-4-5-6(2)3;2*1-4-6(3)5-2;1-3-5-6-4-2;1-5(2)3-4-5;1-4-3-5(4)2;1-2-5-3-4-5/h5-6H,3-4H2,1-2H3;3-5H2,1-2H3;6H,2-5H2,1H3;2*5H2,1-4H3;5-6H,1-4H3;4*6H,4-5H2,1-3H3;3-6H2,1-2H3;3-4H2,1-2H3;4-5H,3H2,1-2H3;5H,2-4H2,1H3/t;;;;;;;;;;;;4-,5?;/m............1./s1. The van der Waals surface area contributed by atoms with Crippen LogP contribution < -0.4 is 0 Å². The topological polar surface area (TPSA) is 0 Å². The van der Waals surface area contributed by atoms with Crippen molar-refractivity contribution in [2.24, 2.45) is 92.7 Å². The number of hydrogen-bond acceptors (Lipinski definition) is 0. The summed E-state index contributed by atoms with van der Waals surface area (Å²) in [6, 6.07) is 0. The molecule has 6 rings (SSSR count). The Morgan fingerprint density at radius 3 is 0.716 bits per heavy atom. The first-order chi connectivity index (χ1) is 37.3. The maximum Gasteiger partial charge on any atom is -0.0328 e. The molecule has 1 unspecified atom stereocenters. The quantitative estimate of drug-likeness (QED) is 0.127. The summed E-state index contributed by atoms with van der Waals surface area (Å²) in [5.41, 5.74) is 2.62. The molecule has 6 aliphatic rings. The first-order valence-electron chi connectivity index (χ1n) is 37.3. The molecule has 2 atom stereocenters. The largest absolute Gasteiger partial charge is 0.0654 e. The summed E-state index contributed by atoms with van der Waals surface area (Å²) >= 11 is 0. The van der Waals surface area contributed by atoms with Gasteiger partial charge in [0.25, 0.3) is 0 Å². The highest BCUT2D eigenvalue weighted by Gasteiger charge is 2.34. The lowest BCUT2D eigenvalue weighted by atomic mass is 9.94. The molecule has 0 radical (unpaired) electrons. The van der Waals surface area contributed by atoms with E-state index in [4.69, 9.17) is 0 Å². The van der Waals surface area contributed by atoms with Crippen molar-refractivity contribution in [1.82, 2.24) is 0 Å². The van der Waals surface area contributed by atoms with Gasteiger partial charge in [0, 0.05) is 0 Å². The smallest absolute Gasteiger partial charge is 0.0328 e. The van der Waals surface area contributed by atoms with Gasteiger partial charge in [0.2, 0.25) is 0 Å². The van der Waals surface area contributed by atoms with Gasteiger partial charge >= 0.3 is 0 Å². The van der Waals surface area contributed by atoms with Crippen LogP contribution in [0.15, 0.2) is 0 Å². The summed E-state index contributed by atoms with van der Waals surface area (Å²) in [5.74, 6) is 11.8. The summed E-state index contributed by atoms with van der Waals surface area (Å²) in [5, 5.41) is 0. The van der Waals surface area contributed by atoms with Crippen molar-refractivity contribution in [3.8, 4) is 0 Å². The zero-order valence-electron chi connectivity index (χ0n) is 65.4. The van der Waals surface area contributed by atoms with Crippen LogP contribution in [-0.4, -0.2) is 0 Å². The highest BCUT2D eigenvalue weighted by Crippen LogP contribution is 2.47. The average Bonchev–Trinajstić information content (AvgIpc) is 4.18. The van der Waals surface area contributed by atoms with Gasteiger partial charge in [-0.15, -0.1) is 0 Å². The summed E-state index contributed by atoms with van der Waals surface area (Å²) in [4.78, 5) is 0. The molecule has 6 aliphatic carbocycles. The molecule has 81 heavy (non-hydrogen) atoms. The summed E-state index contributed by atoms with van der Waals surface area (Å²) in [7, 11) is 0. The average molecular weight is 1150 g/mol. The van der Waals surface area contributed by atoms with E-state index in [1.54, 1.807) is 0 Å². The monoisotopic (exact) mass is 1150 g/mol. The van der Waals surface area contributed by atoms with Gasteiger partial charge in [0.1, 0.15) is 0 Å². The molecule has 0 aliphatic heterocycles. The predicted molar refractivity (Wildman–Crippen MR) is 390 cm³/mol.